The van der Waals surface area contributed by atoms with Crippen LogP contribution in [0.2, 0.25) is 0 Å². The average Bonchev–Trinajstić information content (AvgIpc) is 2.83. The second-order valence-corrected chi connectivity index (χ2v) is 9.20. The summed E-state index contributed by atoms with van der Waals surface area (Å²) in [6.07, 6.45) is -7.83. The summed E-state index contributed by atoms with van der Waals surface area (Å²) in [5, 5.41) is 2.75. The number of nitrogens with two attached hydrogens (primary N) is 1. The summed E-state index contributed by atoms with van der Waals surface area (Å²) in [6.45, 7) is 2.77. The van der Waals surface area contributed by atoms with Crippen LogP contribution in [0.25, 0.3) is 0 Å². The standard InChI is InChI=1S/C21H30F6N8O3/c1-12(32-15-9-31-33-18(37)17(15)21(25,26)27)10-38-11-14(28)6-16(36)34-2-4-35(5-3-34)19-29-7-13(8-30-19)20(22,23)24/h7-8,12,14-15,17,31-32H,2-6,9-11,28H2,1H3,(H,33,37)/t12-,14-,15?,17?/m0/s1. The lowest BCUT2D eigenvalue weighted by Gasteiger charge is -2.35. The number of hydrogen-bond donors (Lipinski definition) is 4. The molecule has 4 atom stereocenters. The van der Waals surface area contributed by atoms with Gasteiger partial charge in [-0.25, -0.2) is 15.4 Å². The summed E-state index contributed by atoms with van der Waals surface area (Å²) in [5.74, 6) is -3.45. The van der Waals surface area contributed by atoms with Crippen molar-refractivity contribution in [1.82, 2.24) is 31.0 Å². The molecule has 2 aliphatic rings. The number of hydrogen-bond acceptors (Lipinski definition) is 9. The highest BCUT2D eigenvalue weighted by Crippen LogP contribution is 2.30. The van der Waals surface area contributed by atoms with Gasteiger partial charge in [0.25, 0.3) is 0 Å². The van der Waals surface area contributed by atoms with Crippen LogP contribution >= 0.6 is 0 Å². The summed E-state index contributed by atoms with van der Waals surface area (Å²) < 4.78 is 83.2. The van der Waals surface area contributed by atoms with Crippen LogP contribution in [0.5, 0.6) is 0 Å². The molecule has 38 heavy (non-hydrogen) atoms. The molecule has 1 aromatic heterocycles. The zero-order valence-corrected chi connectivity index (χ0v) is 20.5. The van der Waals surface area contributed by atoms with Crippen LogP contribution in [-0.2, 0) is 20.5 Å². The third kappa shape index (κ3) is 8.12. The van der Waals surface area contributed by atoms with Gasteiger partial charge in [-0.3, -0.25) is 15.0 Å². The normalized spacial score (nSPS) is 22.7. The molecule has 11 nitrogen and oxygen atoms in total. The van der Waals surface area contributed by atoms with Crippen LogP contribution in [0.15, 0.2) is 12.4 Å². The first kappa shape index (κ1) is 29.8. The number of carbonyl (C=O) groups is 2. The Morgan fingerprint density at radius 3 is 2.37 bits per heavy atom. The number of nitrogens with zero attached hydrogens (tertiary/aromatic N) is 4. The summed E-state index contributed by atoms with van der Waals surface area (Å²) >= 11 is 0. The predicted molar refractivity (Wildman–Crippen MR) is 121 cm³/mol. The van der Waals surface area contributed by atoms with Crippen molar-refractivity contribution in [1.29, 1.82) is 0 Å². The molecule has 3 rings (SSSR count). The summed E-state index contributed by atoms with van der Waals surface area (Å²) in [5.41, 5.74) is 9.45. The van der Waals surface area contributed by atoms with Gasteiger partial charge in [-0.2, -0.15) is 26.3 Å². The van der Waals surface area contributed by atoms with Crippen LogP contribution in [0.4, 0.5) is 32.3 Å². The molecule has 17 heteroatoms. The van der Waals surface area contributed by atoms with E-state index in [1.807, 2.05) is 5.43 Å². The molecule has 2 amide bonds. The molecule has 1 aromatic rings. The van der Waals surface area contributed by atoms with E-state index in [0.29, 0.717) is 38.6 Å². The van der Waals surface area contributed by atoms with E-state index < -0.39 is 47.9 Å². The van der Waals surface area contributed by atoms with Crippen molar-refractivity contribution in [3.05, 3.63) is 18.0 Å². The van der Waals surface area contributed by atoms with Gasteiger partial charge in [0.05, 0.1) is 18.8 Å². The first-order valence-corrected chi connectivity index (χ1v) is 11.9. The highest BCUT2D eigenvalue weighted by molar-refractivity contribution is 5.80. The van der Waals surface area contributed by atoms with Crippen molar-refractivity contribution in [2.45, 2.75) is 43.8 Å². The third-order valence-corrected chi connectivity index (χ3v) is 6.09. The SMILES string of the molecule is C[C@@H](COC[C@@H](N)CC(=O)N1CCN(c2ncc(C(F)(F)F)cn2)CC1)NC1CNNC(=O)C1C(F)(F)F. The van der Waals surface area contributed by atoms with Gasteiger partial charge in [-0.05, 0) is 6.92 Å². The lowest BCUT2D eigenvalue weighted by Crippen LogP contribution is -2.65. The molecule has 0 saturated carbocycles. The molecule has 0 aromatic carbocycles. The quantitative estimate of drug-likeness (QED) is 0.311. The Morgan fingerprint density at radius 2 is 1.79 bits per heavy atom. The molecule has 2 unspecified atom stereocenters. The minimum Gasteiger partial charge on any atom is -0.378 e. The molecule has 2 saturated heterocycles. The van der Waals surface area contributed by atoms with Gasteiger partial charge < -0.3 is 25.6 Å². The average molecular weight is 557 g/mol. The van der Waals surface area contributed by atoms with Gasteiger partial charge in [-0.15, -0.1) is 0 Å². The molecule has 0 aliphatic carbocycles. The van der Waals surface area contributed by atoms with Crippen molar-refractivity contribution in [2.24, 2.45) is 11.7 Å². The monoisotopic (exact) mass is 556 g/mol. The fraction of sp³-hybridized carbons (Fsp3) is 0.714. The van der Waals surface area contributed by atoms with E-state index in [4.69, 9.17) is 10.5 Å². The first-order chi connectivity index (χ1) is 17.8. The third-order valence-electron chi connectivity index (χ3n) is 6.09. The van der Waals surface area contributed by atoms with Crippen molar-refractivity contribution < 1.29 is 40.7 Å². The van der Waals surface area contributed by atoms with Gasteiger partial charge >= 0.3 is 12.4 Å². The predicted octanol–water partition coefficient (Wildman–Crippen LogP) is 0.0376. The summed E-state index contributed by atoms with van der Waals surface area (Å²) in [7, 11) is 0. The van der Waals surface area contributed by atoms with Crippen LogP contribution in [0, 0.1) is 5.92 Å². The molecular formula is C21H30F6N8O3. The fourth-order valence-corrected chi connectivity index (χ4v) is 4.17. The molecule has 214 valence electrons. The minimum absolute atomic E-state index is 0.0103. The Morgan fingerprint density at radius 1 is 1.16 bits per heavy atom. The highest BCUT2D eigenvalue weighted by Gasteiger charge is 2.51. The van der Waals surface area contributed by atoms with E-state index in [2.05, 4.69) is 20.7 Å². The lowest BCUT2D eigenvalue weighted by molar-refractivity contribution is -0.193. The fourth-order valence-electron chi connectivity index (χ4n) is 4.17. The minimum atomic E-state index is -4.70. The zero-order valence-electron chi connectivity index (χ0n) is 20.5. The van der Waals surface area contributed by atoms with Gasteiger partial charge in [-0.1, -0.05) is 0 Å². The Balaban J connectivity index is 1.36. The van der Waals surface area contributed by atoms with Crippen molar-refractivity contribution in [2.75, 3.05) is 50.8 Å². The van der Waals surface area contributed by atoms with E-state index in [-0.39, 0.29) is 38.0 Å². The van der Waals surface area contributed by atoms with Gasteiger partial charge in [0.2, 0.25) is 17.8 Å². The number of alkyl halides is 6. The molecule has 0 spiro atoms. The van der Waals surface area contributed by atoms with E-state index >= 15 is 0 Å². The maximum atomic E-state index is 13.2. The van der Waals surface area contributed by atoms with E-state index in [9.17, 15) is 35.9 Å². The molecule has 2 aliphatic heterocycles. The number of piperazine rings is 1. The number of ether oxygens (including phenoxy) is 1. The largest absolute Gasteiger partial charge is 0.419 e. The highest BCUT2D eigenvalue weighted by atomic mass is 19.4. The number of aromatic nitrogens is 2. The number of rotatable bonds is 9. The molecule has 0 bridgehead atoms. The maximum absolute atomic E-state index is 13.2. The number of hydrazine groups is 1. The lowest BCUT2D eigenvalue weighted by atomic mass is 9.96. The van der Waals surface area contributed by atoms with Crippen LogP contribution in [0.3, 0.4) is 0 Å². The van der Waals surface area contributed by atoms with E-state index in [1.54, 1.807) is 16.7 Å². The smallest absolute Gasteiger partial charge is 0.378 e. The van der Waals surface area contributed by atoms with E-state index in [0.717, 1.165) is 0 Å². The van der Waals surface area contributed by atoms with Crippen LogP contribution < -0.4 is 26.8 Å². The Labute approximate surface area is 214 Å². The Bertz CT molecular complexity index is 940. The molecule has 3 heterocycles. The van der Waals surface area contributed by atoms with E-state index in [1.165, 1.54) is 0 Å². The Hall–Kier alpha value is -2.76. The number of amides is 2. The van der Waals surface area contributed by atoms with Crippen LogP contribution in [-0.4, -0.2) is 96.9 Å². The molecule has 2 fully saturated rings. The number of carbonyl (C=O) groups excluding carboxylic acids is 2. The van der Waals surface area contributed by atoms with Crippen molar-refractivity contribution >= 4 is 17.8 Å². The summed E-state index contributed by atoms with van der Waals surface area (Å²) in [4.78, 5) is 35.0. The molecule has 0 radical (unpaired) electrons. The summed E-state index contributed by atoms with van der Waals surface area (Å²) in [6, 6.07) is -2.36. The molecule has 5 N–H and O–H groups in total. The Kier molecular flexibility index (Phi) is 9.72. The number of halogens is 6. The second kappa shape index (κ2) is 12.4. The number of nitrogens with one attached hydrogen (secondary N) is 3. The van der Waals surface area contributed by atoms with Gasteiger partial charge in [0.1, 0.15) is 0 Å². The van der Waals surface area contributed by atoms with Gasteiger partial charge in [0.15, 0.2) is 5.92 Å². The molecular weight excluding hydrogens is 526 g/mol. The zero-order chi connectivity index (χ0) is 28.1. The van der Waals surface area contributed by atoms with Crippen molar-refractivity contribution in [3.63, 3.8) is 0 Å². The van der Waals surface area contributed by atoms with Crippen LogP contribution in [0.1, 0.15) is 18.9 Å². The number of anilines is 1. The van der Waals surface area contributed by atoms with Gasteiger partial charge in [0, 0.05) is 69.7 Å². The van der Waals surface area contributed by atoms with Crippen molar-refractivity contribution in [3.8, 4) is 0 Å². The second-order valence-electron chi connectivity index (χ2n) is 9.20. The first-order valence-electron chi connectivity index (χ1n) is 11.9. The topological polar surface area (TPSA) is 138 Å². The maximum Gasteiger partial charge on any atom is 0.419 e.